The van der Waals surface area contributed by atoms with Crippen molar-refractivity contribution in [1.29, 1.82) is 0 Å². The third kappa shape index (κ3) is 7.63. The van der Waals surface area contributed by atoms with Crippen molar-refractivity contribution in [3.8, 4) is 0 Å². The minimum Gasteiger partial charge on any atom is -0.478 e. The molecular formula is C26H38N4O3. The predicted molar refractivity (Wildman–Crippen MR) is 138 cm³/mol. The zero-order valence-corrected chi connectivity index (χ0v) is 20.9. The van der Waals surface area contributed by atoms with Gasteiger partial charge in [-0.15, -0.1) is 0 Å². The SMILES string of the molecule is CC.CCCN(C)C(=O)c1cc(C)cc(C(C)Nc2ccccc2C(=O)O)c1NC=NCC. The number of benzene rings is 2. The number of nitrogens with zero attached hydrogens (tertiary/aromatic N) is 2. The van der Waals surface area contributed by atoms with Gasteiger partial charge in [0.2, 0.25) is 0 Å². The zero-order chi connectivity index (χ0) is 25.0. The third-order valence-electron chi connectivity index (χ3n) is 4.93. The van der Waals surface area contributed by atoms with Gasteiger partial charge in [-0.1, -0.05) is 39.0 Å². The number of hydrogen-bond acceptors (Lipinski definition) is 4. The quantitative estimate of drug-likeness (QED) is 0.310. The minimum absolute atomic E-state index is 0.0719. The summed E-state index contributed by atoms with van der Waals surface area (Å²) in [4.78, 5) is 30.7. The smallest absolute Gasteiger partial charge is 0.337 e. The maximum absolute atomic E-state index is 13.2. The molecule has 0 aliphatic carbocycles. The van der Waals surface area contributed by atoms with Crippen molar-refractivity contribution in [2.24, 2.45) is 4.99 Å². The van der Waals surface area contributed by atoms with Crippen LogP contribution in [0.3, 0.4) is 0 Å². The summed E-state index contributed by atoms with van der Waals surface area (Å²) >= 11 is 0. The second kappa shape index (κ2) is 13.9. The molecule has 2 aromatic rings. The molecule has 0 aromatic heterocycles. The van der Waals surface area contributed by atoms with Crippen molar-refractivity contribution in [1.82, 2.24) is 4.90 Å². The normalized spacial score (nSPS) is 11.4. The first kappa shape index (κ1) is 27.7. The van der Waals surface area contributed by atoms with Gasteiger partial charge in [0.1, 0.15) is 0 Å². The van der Waals surface area contributed by atoms with Crippen molar-refractivity contribution < 1.29 is 14.7 Å². The Balaban J connectivity index is 0.00000265. The second-order valence-corrected chi connectivity index (χ2v) is 7.49. The van der Waals surface area contributed by atoms with Crippen molar-refractivity contribution in [2.45, 2.75) is 54.0 Å². The monoisotopic (exact) mass is 454 g/mol. The Morgan fingerprint density at radius 1 is 1.15 bits per heavy atom. The van der Waals surface area contributed by atoms with E-state index in [-0.39, 0.29) is 17.5 Å². The van der Waals surface area contributed by atoms with Gasteiger partial charge in [0.25, 0.3) is 5.91 Å². The highest BCUT2D eigenvalue weighted by molar-refractivity contribution is 6.03. The Labute approximate surface area is 197 Å². The number of carbonyl (C=O) groups excluding carboxylic acids is 1. The highest BCUT2D eigenvalue weighted by Crippen LogP contribution is 2.32. The van der Waals surface area contributed by atoms with Gasteiger partial charge in [0, 0.05) is 25.8 Å². The number of rotatable bonds is 10. The Morgan fingerprint density at radius 3 is 2.42 bits per heavy atom. The Morgan fingerprint density at radius 2 is 1.82 bits per heavy atom. The number of aromatic carboxylic acids is 1. The van der Waals surface area contributed by atoms with E-state index in [2.05, 4.69) is 15.6 Å². The maximum atomic E-state index is 13.2. The summed E-state index contributed by atoms with van der Waals surface area (Å²) in [5.74, 6) is -1.07. The van der Waals surface area contributed by atoms with Crippen LogP contribution >= 0.6 is 0 Å². The predicted octanol–water partition coefficient (Wildman–Crippen LogP) is 5.83. The molecular weight excluding hydrogens is 416 g/mol. The zero-order valence-electron chi connectivity index (χ0n) is 20.9. The maximum Gasteiger partial charge on any atom is 0.337 e. The fraction of sp³-hybridized carbons (Fsp3) is 0.423. The minimum atomic E-state index is -0.995. The molecule has 7 nitrogen and oxygen atoms in total. The highest BCUT2D eigenvalue weighted by Gasteiger charge is 2.22. The molecule has 0 bridgehead atoms. The van der Waals surface area contributed by atoms with Gasteiger partial charge in [-0.3, -0.25) is 9.79 Å². The van der Waals surface area contributed by atoms with Gasteiger partial charge in [-0.05, 0) is 56.5 Å². The highest BCUT2D eigenvalue weighted by atomic mass is 16.4. The number of hydrogen-bond donors (Lipinski definition) is 3. The molecule has 33 heavy (non-hydrogen) atoms. The van der Waals surface area contributed by atoms with Gasteiger partial charge < -0.3 is 20.6 Å². The van der Waals surface area contributed by atoms with Crippen LogP contribution in [0.2, 0.25) is 0 Å². The fourth-order valence-corrected chi connectivity index (χ4v) is 3.44. The van der Waals surface area contributed by atoms with Crippen LogP contribution in [-0.2, 0) is 0 Å². The Hall–Kier alpha value is -3.35. The fourth-order valence-electron chi connectivity index (χ4n) is 3.44. The van der Waals surface area contributed by atoms with Gasteiger partial charge in [-0.25, -0.2) is 4.79 Å². The van der Waals surface area contributed by atoms with E-state index in [1.165, 1.54) is 0 Å². The molecule has 0 radical (unpaired) electrons. The van der Waals surface area contributed by atoms with Crippen LogP contribution < -0.4 is 10.6 Å². The molecule has 0 aliphatic rings. The topological polar surface area (TPSA) is 94.0 Å². The Bertz CT molecular complexity index is 957. The van der Waals surface area contributed by atoms with Crippen LogP contribution in [0.1, 0.15) is 78.9 Å². The molecule has 2 rings (SSSR count). The van der Waals surface area contributed by atoms with E-state index in [9.17, 15) is 14.7 Å². The van der Waals surface area contributed by atoms with Crippen LogP contribution in [0, 0.1) is 6.92 Å². The van der Waals surface area contributed by atoms with Gasteiger partial charge >= 0.3 is 5.97 Å². The first-order chi connectivity index (χ1) is 15.8. The van der Waals surface area contributed by atoms with Gasteiger partial charge in [0.05, 0.1) is 29.2 Å². The molecule has 1 atom stereocenters. The molecule has 0 heterocycles. The molecule has 0 saturated heterocycles. The number of carboxylic acids is 1. The summed E-state index contributed by atoms with van der Waals surface area (Å²) in [7, 11) is 1.79. The Kier molecular flexibility index (Phi) is 11.7. The molecule has 0 spiro atoms. The molecule has 0 fully saturated rings. The van der Waals surface area contributed by atoms with Gasteiger partial charge in [0.15, 0.2) is 0 Å². The lowest BCUT2D eigenvalue weighted by Crippen LogP contribution is -2.29. The van der Waals surface area contributed by atoms with Crippen LogP contribution in [0.25, 0.3) is 0 Å². The lowest BCUT2D eigenvalue weighted by atomic mass is 9.97. The van der Waals surface area contributed by atoms with E-state index in [1.54, 1.807) is 42.6 Å². The van der Waals surface area contributed by atoms with Crippen LogP contribution in [0.5, 0.6) is 0 Å². The van der Waals surface area contributed by atoms with Crippen molar-refractivity contribution in [3.63, 3.8) is 0 Å². The molecule has 1 unspecified atom stereocenters. The first-order valence-corrected chi connectivity index (χ1v) is 11.5. The number of nitrogens with one attached hydrogen (secondary N) is 2. The van der Waals surface area contributed by atoms with E-state index < -0.39 is 5.97 Å². The van der Waals surface area contributed by atoms with Crippen LogP contribution in [0.15, 0.2) is 41.4 Å². The number of amides is 1. The molecule has 0 aliphatic heterocycles. The van der Waals surface area contributed by atoms with Gasteiger partial charge in [-0.2, -0.15) is 0 Å². The summed E-state index contributed by atoms with van der Waals surface area (Å²) in [6.07, 6.45) is 2.47. The first-order valence-electron chi connectivity index (χ1n) is 11.5. The molecule has 1 amide bonds. The van der Waals surface area contributed by atoms with Crippen molar-refractivity contribution >= 4 is 29.6 Å². The lowest BCUT2D eigenvalue weighted by Gasteiger charge is -2.24. The average Bonchev–Trinajstić information content (AvgIpc) is 2.80. The third-order valence-corrected chi connectivity index (χ3v) is 4.93. The van der Waals surface area contributed by atoms with E-state index in [0.717, 1.165) is 17.5 Å². The number of aryl methyl sites for hydroxylation is 1. The van der Waals surface area contributed by atoms with E-state index in [0.29, 0.717) is 30.0 Å². The number of carbonyl (C=O) groups is 2. The van der Waals surface area contributed by atoms with Crippen molar-refractivity contribution in [2.75, 3.05) is 30.8 Å². The summed E-state index contributed by atoms with van der Waals surface area (Å²) < 4.78 is 0. The molecule has 0 saturated carbocycles. The van der Waals surface area contributed by atoms with E-state index >= 15 is 0 Å². The molecule has 2 aromatic carbocycles. The molecule has 7 heteroatoms. The lowest BCUT2D eigenvalue weighted by molar-refractivity contribution is 0.0697. The van der Waals surface area contributed by atoms with E-state index in [1.807, 2.05) is 53.7 Å². The van der Waals surface area contributed by atoms with Crippen LogP contribution in [0.4, 0.5) is 11.4 Å². The summed E-state index contributed by atoms with van der Waals surface area (Å²) in [5, 5.41) is 16.0. The number of aliphatic imine (C=N–C) groups is 1. The molecule has 180 valence electrons. The number of para-hydroxylation sites is 1. The van der Waals surface area contributed by atoms with E-state index in [4.69, 9.17) is 0 Å². The number of carboxylic acid groups (broad SMARTS) is 1. The number of anilines is 2. The second-order valence-electron chi connectivity index (χ2n) is 7.49. The summed E-state index contributed by atoms with van der Waals surface area (Å²) in [6, 6.07) is 10.4. The summed E-state index contributed by atoms with van der Waals surface area (Å²) in [6.45, 7) is 13.1. The standard InChI is InChI=1S/C24H32N4O3.C2H6/c1-6-12-28(5)23(29)20-14-16(3)13-19(22(20)26-15-25-7-2)17(4)27-21-11-9-8-10-18(21)24(30)31;1-2/h8-11,13-15,17,27H,6-7,12H2,1-5H3,(H,25,26)(H,30,31);1-2H3. The van der Waals surface area contributed by atoms with Crippen molar-refractivity contribution in [3.05, 3.63) is 58.7 Å². The molecule has 3 N–H and O–H groups in total. The van der Waals surface area contributed by atoms with Crippen LogP contribution in [-0.4, -0.2) is 48.4 Å². The summed E-state index contributed by atoms with van der Waals surface area (Å²) in [5.41, 5.74) is 3.76. The average molecular weight is 455 g/mol. The largest absolute Gasteiger partial charge is 0.478 e.